The molecule has 0 N–H and O–H groups in total. The lowest BCUT2D eigenvalue weighted by Gasteiger charge is -2.00. The SMILES string of the molecule is Cc1nc(-c2cc(Cl)ccc2F)c(C#N)s1. The molecule has 2 nitrogen and oxygen atoms in total. The Morgan fingerprint density at radius 3 is 2.94 bits per heavy atom. The van der Waals surface area contributed by atoms with Crippen LogP contribution in [0.15, 0.2) is 18.2 Å². The molecule has 0 saturated heterocycles. The van der Waals surface area contributed by atoms with Crippen LogP contribution in [-0.4, -0.2) is 4.98 Å². The van der Waals surface area contributed by atoms with E-state index in [0.717, 1.165) is 5.01 Å². The summed E-state index contributed by atoms with van der Waals surface area (Å²) >= 11 is 7.04. The van der Waals surface area contributed by atoms with Crippen LogP contribution in [0.4, 0.5) is 4.39 Å². The molecule has 0 fully saturated rings. The van der Waals surface area contributed by atoms with Crippen molar-refractivity contribution < 1.29 is 4.39 Å². The normalized spacial score (nSPS) is 10.1. The number of halogens is 2. The maximum Gasteiger partial charge on any atom is 0.132 e. The molecule has 0 bridgehead atoms. The van der Waals surface area contributed by atoms with Gasteiger partial charge in [-0.25, -0.2) is 9.37 Å². The molecule has 2 aromatic rings. The van der Waals surface area contributed by atoms with E-state index in [9.17, 15) is 4.39 Å². The largest absolute Gasteiger partial charge is 0.240 e. The van der Waals surface area contributed by atoms with Gasteiger partial charge < -0.3 is 0 Å². The van der Waals surface area contributed by atoms with Crippen LogP contribution in [0.2, 0.25) is 5.02 Å². The molecule has 80 valence electrons. The van der Waals surface area contributed by atoms with Crippen LogP contribution in [0, 0.1) is 24.1 Å². The van der Waals surface area contributed by atoms with Gasteiger partial charge in [0.1, 0.15) is 22.5 Å². The van der Waals surface area contributed by atoms with Gasteiger partial charge in [-0.3, -0.25) is 0 Å². The fourth-order valence-corrected chi connectivity index (χ4v) is 2.27. The molecule has 0 saturated carbocycles. The van der Waals surface area contributed by atoms with Gasteiger partial charge in [0.25, 0.3) is 0 Å². The molecule has 0 aliphatic rings. The fourth-order valence-electron chi connectivity index (χ4n) is 1.36. The van der Waals surface area contributed by atoms with Crippen molar-refractivity contribution in [3.8, 4) is 17.3 Å². The Balaban J connectivity index is 2.67. The van der Waals surface area contributed by atoms with Crippen molar-refractivity contribution in [3.63, 3.8) is 0 Å². The molecule has 0 amide bonds. The molecule has 5 heteroatoms. The van der Waals surface area contributed by atoms with Crippen molar-refractivity contribution in [2.24, 2.45) is 0 Å². The van der Waals surface area contributed by atoms with Crippen molar-refractivity contribution in [2.45, 2.75) is 6.92 Å². The molecule has 1 aromatic carbocycles. The summed E-state index contributed by atoms with van der Waals surface area (Å²) < 4.78 is 13.6. The maximum atomic E-state index is 13.6. The van der Waals surface area contributed by atoms with E-state index in [-0.39, 0.29) is 5.56 Å². The molecule has 1 aromatic heterocycles. The van der Waals surface area contributed by atoms with Crippen LogP contribution in [-0.2, 0) is 0 Å². The molecule has 1 heterocycles. The average Bonchev–Trinajstić information content (AvgIpc) is 2.63. The van der Waals surface area contributed by atoms with E-state index >= 15 is 0 Å². The standard InChI is InChI=1S/C11H6ClFN2S/c1-6-15-11(10(5-14)16-6)8-4-7(12)2-3-9(8)13/h2-4H,1H3. The molecular formula is C11H6ClFN2S. The third-order valence-corrected chi connectivity index (χ3v) is 3.13. The molecule has 0 spiro atoms. The molecule has 16 heavy (non-hydrogen) atoms. The first-order valence-corrected chi connectivity index (χ1v) is 5.64. The van der Waals surface area contributed by atoms with Crippen molar-refractivity contribution in [1.29, 1.82) is 5.26 Å². The third kappa shape index (κ3) is 1.92. The van der Waals surface area contributed by atoms with Crippen LogP contribution in [0.25, 0.3) is 11.3 Å². The van der Waals surface area contributed by atoms with Crippen LogP contribution >= 0.6 is 22.9 Å². The Kier molecular flexibility index (Phi) is 2.90. The van der Waals surface area contributed by atoms with Gasteiger partial charge in [-0.1, -0.05) is 11.6 Å². The number of rotatable bonds is 1. The predicted molar refractivity (Wildman–Crippen MR) is 62.0 cm³/mol. The van der Waals surface area contributed by atoms with Crippen molar-refractivity contribution in [3.05, 3.63) is 38.9 Å². The Hall–Kier alpha value is -1.44. The Bertz CT molecular complexity index is 586. The van der Waals surface area contributed by atoms with Gasteiger partial charge >= 0.3 is 0 Å². The number of benzene rings is 1. The highest BCUT2D eigenvalue weighted by atomic mass is 35.5. The first kappa shape index (κ1) is 11.1. The van der Waals surface area contributed by atoms with Gasteiger partial charge in [0.05, 0.1) is 5.01 Å². The lowest BCUT2D eigenvalue weighted by molar-refractivity contribution is 0.631. The first-order chi connectivity index (χ1) is 7.61. The molecular weight excluding hydrogens is 247 g/mol. The number of hydrogen-bond donors (Lipinski definition) is 0. The summed E-state index contributed by atoms with van der Waals surface area (Å²) in [4.78, 5) is 4.55. The Morgan fingerprint density at radius 1 is 1.50 bits per heavy atom. The zero-order valence-electron chi connectivity index (χ0n) is 8.29. The number of nitriles is 1. The molecule has 0 aliphatic carbocycles. The van der Waals surface area contributed by atoms with Gasteiger partial charge in [0.15, 0.2) is 0 Å². The van der Waals surface area contributed by atoms with E-state index in [1.807, 2.05) is 6.07 Å². The van der Waals surface area contributed by atoms with Crippen LogP contribution in [0.1, 0.15) is 9.88 Å². The highest BCUT2D eigenvalue weighted by molar-refractivity contribution is 7.12. The first-order valence-electron chi connectivity index (χ1n) is 4.45. The van der Waals surface area contributed by atoms with Crippen LogP contribution < -0.4 is 0 Å². The second-order valence-corrected chi connectivity index (χ2v) is 4.79. The van der Waals surface area contributed by atoms with E-state index in [2.05, 4.69) is 4.98 Å². The minimum Gasteiger partial charge on any atom is -0.240 e. The minimum absolute atomic E-state index is 0.272. The number of thiazole rings is 1. The minimum atomic E-state index is -0.425. The number of aryl methyl sites for hydroxylation is 1. The molecule has 0 aliphatic heterocycles. The summed E-state index contributed by atoms with van der Waals surface area (Å²) in [7, 11) is 0. The van der Waals surface area contributed by atoms with E-state index in [1.54, 1.807) is 6.92 Å². The monoisotopic (exact) mass is 252 g/mol. The van der Waals surface area contributed by atoms with Gasteiger partial charge in [-0.05, 0) is 25.1 Å². The van der Waals surface area contributed by atoms with Crippen molar-refractivity contribution in [2.75, 3.05) is 0 Å². The highest BCUT2D eigenvalue weighted by Crippen LogP contribution is 2.30. The van der Waals surface area contributed by atoms with Gasteiger partial charge in [-0.15, -0.1) is 11.3 Å². The Labute approximate surface area is 101 Å². The summed E-state index contributed by atoms with van der Waals surface area (Å²) in [6.07, 6.45) is 0. The lowest BCUT2D eigenvalue weighted by atomic mass is 10.1. The molecule has 2 rings (SSSR count). The number of hydrogen-bond acceptors (Lipinski definition) is 3. The zero-order chi connectivity index (χ0) is 11.7. The van der Waals surface area contributed by atoms with Gasteiger partial charge in [0, 0.05) is 10.6 Å². The molecule has 0 unspecified atom stereocenters. The number of nitrogens with zero attached hydrogens (tertiary/aromatic N) is 2. The van der Waals surface area contributed by atoms with Crippen molar-refractivity contribution in [1.82, 2.24) is 4.98 Å². The van der Waals surface area contributed by atoms with Gasteiger partial charge in [0.2, 0.25) is 0 Å². The second-order valence-electron chi connectivity index (χ2n) is 3.15. The fraction of sp³-hybridized carbons (Fsp3) is 0.0909. The van der Waals surface area contributed by atoms with E-state index in [0.29, 0.717) is 15.6 Å². The van der Waals surface area contributed by atoms with Crippen molar-refractivity contribution >= 4 is 22.9 Å². The summed E-state index contributed by atoms with van der Waals surface area (Å²) in [5.41, 5.74) is 0.637. The second kappa shape index (κ2) is 4.20. The van der Waals surface area contributed by atoms with Crippen LogP contribution in [0.5, 0.6) is 0 Å². The molecule has 0 radical (unpaired) electrons. The highest BCUT2D eigenvalue weighted by Gasteiger charge is 2.15. The maximum absolute atomic E-state index is 13.6. The quantitative estimate of drug-likeness (QED) is 0.774. The van der Waals surface area contributed by atoms with E-state index in [1.165, 1.54) is 29.5 Å². The van der Waals surface area contributed by atoms with E-state index in [4.69, 9.17) is 16.9 Å². The topological polar surface area (TPSA) is 36.7 Å². The summed E-state index contributed by atoms with van der Waals surface area (Å²) in [5, 5.41) is 10.1. The molecule has 0 atom stereocenters. The zero-order valence-corrected chi connectivity index (χ0v) is 9.86. The Morgan fingerprint density at radius 2 is 2.25 bits per heavy atom. The summed E-state index contributed by atoms with van der Waals surface area (Å²) in [5.74, 6) is -0.425. The van der Waals surface area contributed by atoms with E-state index < -0.39 is 5.82 Å². The lowest BCUT2D eigenvalue weighted by Crippen LogP contribution is -1.87. The average molecular weight is 253 g/mol. The summed E-state index contributed by atoms with van der Waals surface area (Å²) in [6, 6.07) is 6.22. The summed E-state index contributed by atoms with van der Waals surface area (Å²) in [6.45, 7) is 1.78. The predicted octanol–water partition coefficient (Wildman–Crippen LogP) is 3.78. The number of aromatic nitrogens is 1. The third-order valence-electron chi connectivity index (χ3n) is 2.02. The van der Waals surface area contributed by atoms with Gasteiger partial charge in [-0.2, -0.15) is 5.26 Å². The smallest absolute Gasteiger partial charge is 0.132 e. The van der Waals surface area contributed by atoms with Crippen LogP contribution in [0.3, 0.4) is 0 Å².